The minimum absolute atomic E-state index is 0.0332. The summed E-state index contributed by atoms with van der Waals surface area (Å²) in [6.45, 7) is 10.5. The molecule has 0 atom stereocenters. The van der Waals surface area contributed by atoms with Crippen molar-refractivity contribution in [3.63, 3.8) is 0 Å². The summed E-state index contributed by atoms with van der Waals surface area (Å²) in [4.78, 5) is 11.3. The lowest BCUT2D eigenvalue weighted by Gasteiger charge is -2.19. The largest absolute Gasteiger partial charge is 0.458 e. The van der Waals surface area contributed by atoms with Crippen LogP contribution in [0, 0.1) is 0 Å². The van der Waals surface area contributed by atoms with Crippen molar-refractivity contribution in [3.05, 3.63) is 0 Å². The Bertz CT molecular complexity index is 248. The molecule has 0 aliphatic rings. The first-order valence-electron chi connectivity index (χ1n) is 7.91. The van der Waals surface area contributed by atoms with E-state index in [0.29, 0.717) is 26.4 Å². The van der Waals surface area contributed by atoms with Crippen molar-refractivity contribution in [2.45, 2.75) is 59.0 Å². The molecule has 0 fully saturated rings. The van der Waals surface area contributed by atoms with Crippen molar-refractivity contribution < 1.29 is 23.7 Å². The third kappa shape index (κ3) is 17.3. The van der Waals surface area contributed by atoms with Crippen molar-refractivity contribution in [3.8, 4) is 0 Å². The van der Waals surface area contributed by atoms with E-state index in [2.05, 4.69) is 6.92 Å². The van der Waals surface area contributed by atoms with Gasteiger partial charge >= 0.3 is 5.97 Å². The van der Waals surface area contributed by atoms with E-state index < -0.39 is 5.60 Å². The number of hydrogen-bond acceptors (Lipinski definition) is 5. The molecule has 5 nitrogen and oxygen atoms in total. The average molecular weight is 304 g/mol. The van der Waals surface area contributed by atoms with Crippen LogP contribution in [0.5, 0.6) is 0 Å². The molecule has 21 heavy (non-hydrogen) atoms. The van der Waals surface area contributed by atoms with Crippen LogP contribution in [-0.2, 0) is 23.7 Å². The molecule has 0 saturated carbocycles. The summed E-state index contributed by atoms with van der Waals surface area (Å²) in [5.74, 6) is -0.349. The Morgan fingerprint density at radius 1 is 0.810 bits per heavy atom. The lowest BCUT2D eigenvalue weighted by Crippen LogP contribution is -2.27. The van der Waals surface area contributed by atoms with Crippen molar-refractivity contribution in [1.29, 1.82) is 0 Å². The monoisotopic (exact) mass is 304 g/mol. The van der Waals surface area contributed by atoms with E-state index in [1.54, 1.807) is 0 Å². The second-order valence-electron chi connectivity index (χ2n) is 5.92. The number of unbranched alkanes of at least 4 members (excludes halogenated alkanes) is 3. The maximum absolute atomic E-state index is 11.3. The normalized spacial score (nSPS) is 11.6. The highest BCUT2D eigenvalue weighted by Gasteiger charge is 2.15. The summed E-state index contributed by atoms with van der Waals surface area (Å²) < 4.78 is 21.1. The molecule has 0 aromatic heterocycles. The Morgan fingerprint density at radius 3 is 1.95 bits per heavy atom. The molecule has 0 aliphatic carbocycles. The van der Waals surface area contributed by atoms with Crippen molar-refractivity contribution in [2.75, 3.05) is 39.6 Å². The van der Waals surface area contributed by atoms with Gasteiger partial charge in [-0.2, -0.15) is 0 Å². The second-order valence-corrected chi connectivity index (χ2v) is 5.92. The van der Waals surface area contributed by atoms with Gasteiger partial charge in [0.25, 0.3) is 0 Å². The standard InChI is InChI=1S/C16H32O5/c1-5-6-7-8-9-18-10-11-19-12-13-20-14-15(17)21-16(2,3)4/h5-14H2,1-4H3. The Hall–Kier alpha value is -0.650. The molecule has 0 aliphatic heterocycles. The molecule has 0 unspecified atom stereocenters. The van der Waals surface area contributed by atoms with E-state index in [9.17, 15) is 4.79 Å². The van der Waals surface area contributed by atoms with Crippen LogP contribution >= 0.6 is 0 Å². The zero-order valence-corrected chi connectivity index (χ0v) is 14.1. The summed E-state index contributed by atoms with van der Waals surface area (Å²) in [5.41, 5.74) is -0.467. The number of esters is 1. The molecular weight excluding hydrogens is 272 g/mol. The second kappa shape index (κ2) is 13.0. The van der Waals surface area contributed by atoms with E-state index in [-0.39, 0.29) is 12.6 Å². The van der Waals surface area contributed by atoms with Crippen LogP contribution in [0.1, 0.15) is 53.4 Å². The van der Waals surface area contributed by atoms with Gasteiger partial charge in [-0.1, -0.05) is 26.2 Å². The van der Waals surface area contributed by atoms with Gasteiger partial charge in [-0.3, -0.25) is 0 Å². The number of ether oxygens (including phenoxy) is 4. The first kappa shape index (κ1) is 20.3. The molecule has 126 valence electrons. The van der Waals surface area contributed by atoms with Crippen LogP contribution in [0.15, 0.2) is 0 Å². The highest BCUT2D eigenvalue weighted by atomic mass is 16.6. The molecule has 0 N–H and O–H groups in total. The van der Waals surface area contributed by atoms with Gasteiger partial charge in [-0.25, -0.2) is 4.79 Å². The number of carbonyl (C=O) groups is 1. The Balaban J connectivity index is 3.17. The van der Waals surface area contributed by atoms with E-state index in [4.69, 9.17) is 18.9 Å². The maximum atomic E-state index is 11.3. The zero-order chi connectivity index (χ0) is 16.0. The number of hydrogen-bond donors (Lipinski definition) is 0. The third-order valence-corrected chi connectivity index (χ3v) is 2.53. The smallest absolute Gasteiger partial charge is 0.332 e. The van der Waals surface area contributed by atoms with Gasteiger partial charge in [0.1, 0.15) is 12.2 Å². The highest BCUT2D eigenvalue weighted by Crippen LogP contribution is 2.06. The molecule has 0 aromatic carbocycles. The Morgan fingerprint density at radius 2 is 1.38 bits per heavy atom. The summed E-state index contributed by atoms with van der Waals surface area (Å²) in [7, 11) is 0. The van der Waals surface area contributed by atoms with Crippen LogP contribution in [0.2, 0.25) is 0 Å². The zero-order valence-electron chi connectivity index (χ0n) is 14.1. The number of carbonyl (C=O) groups excluding carboxylic acids is 1. The molecule has 0 amide bonds. The third-order valence-electron chi connectivity index (χ3n) is 2.53. The summed E-state index contributed by atoms with van der Waals surface area (Å²) in [6, 6.07) is 0. The minimum atomic E-state index is -0.467. The van der Waals surface area contributed by atoms with Crippen molar-refractivity contribution >= 4 is 5.97 Å². The molecule has 0 rings (SSSR count). The lowest BCUT2D eigenvalue weighted by molar-refractivity contribution is -0.160. The van der Waals surface area contributed by atoms with Gasteiger partial charge in [0.05, 0.1) is 26.4 Å². The van der Waals surface area contributed by atoms with E-state index in [1.165, 1.54) is 19.3 Å². The van der Waals surface area contributed by atoms with Crippen LogP contribution in [0.3, 0.4) is 0 Å². The van der Waals surface area contributed by atoms with Gasteiger partial charge in [0.2, 0.25) is 0 Å². The van der Waals surface area contributed by atoms with Crippen molar-refractivity contribution in [1.82, 2.24) is 0 Å². The quantitative estimate of drug-likeness (QED) is 0.387. The van der Waals surface area contributed by atoms with Crippen LogP contribution < -0.4 is 0 Å². The Kier molecular flexibility index (Phi) is 12.6. The van der Waals surface area contributed by atoms with Crippen molar-refractivity contribution in [2.24, 2.45) is 0 Å². The molecule has 0 heterocycles. The topological polar surface area (TPSA) is 54.0 Å². The molecule has 0 saturated heterocycles. The fraction of sp³-hybridized carbons (Fsp3) is 0.938. The Labute approximate surface area is 129 Å². The van der Waals surface area contributed by atoms with Gasteiger partial charge in [0, 0.05) is 6.61 Å². The van der Waals surface area contributed by atoms with E-state index in [0.717, 1.165) is 13.0 Å². The molecule has 0 aromatic rings. The molecule has 0 radical (unpaired) electrons. The first-order valence-corrected chi connectivity index (χ1v) is 7.91. The number of rotatable bonds is 13. The predicted molar refractivity (Wildman–Crippen MR) is 82.4 cm³/mol. The SMILES string of the molecule is CCCCCCOCCOCCOCC(=O)OC(C)(C)C. The van der Waals surface area contributed by atoms with Crippen LogP contribution in [0.4, 0.5) is 0 Å². The van der Waals surface area contributed by atoms with Crippen LogP contribution in [0.25, 0.3) is 0 Å². The molecule has 0 bridgehead atoms. The average Bonchev–Trinajstić information content (AvgIpc) is 2.38. The van der Waals surface area contributed by atoms with Gasteiger partial charge in [-0.15, -0.1) is 0 Å². The maximum Gasteiger partial charge on any atom is 0.332 e. The predicted octanol–water partition coefficient (Wildman–Crippen LogP) is 2.96. The van der Waals surface area contributed by atoms with Gasteiger partial charge in [-0.05, 0) is 27.2 Å². The summed E-state index contributed by atoms with van der Waals surface area (Å²) in [6.07, 6.45) is 4.87. The molecule has 5 heteroatoms. The molecule has 0 spiro atoms. The van der Waals surface area contributed by atoms with Gasteiger partial charge in [0.15, 0.2) is 0 Å². The van der Waals surface area contributed by atoms with Gasteiger partial charge < -0.3 is 18.9 Å². The van der Waals surface area contributed by atoms with E-state index in [1.807, 2.05) is 20.8 Å². The summed E-state index contributed by atoms with van der Waals surface area (Å²) in [5, 5.41) is 0. The lowest BCUT2D eigenvalue weighted by atomic mass is 10.2. The van der Waals surface area contributed by atoms with Crippen LogP contribution in [-0.4, -0.2) is 51.2 Å². The molecular formula is C16H32O5. The highest BCUT2D eigenvalue weighted by molar-refractivity contribution is 5.71. The fourth-order valence-electron chi connectivity index (χ4n) is 1.60. The minimum Gasteiger partial charge on any atom is -0.458 e. The first-order chi connectivity index (χ1) is 9.95. The summed E-state index contributed by atoms with van der Waals surface area (Å²) >= 11 is 0. The fourth-order valence-corrected chi connectivity index (χ4v) is 1.60. The van der Waals surface area contributed by atoms with E-state index >= 15 is 0 Å².